The highest BCUT2D eigenvalue weighted by atomic mass is 35.5. The number of benzene rings is 3. The summed E-state index contributed by atoms with van der Waals surface area (Å²) >= 11 is 20.2. The zero-order valence-electron chi connectivity index (χ0n) is 19.6. The second-order valence-electron chi connectivity index (χ2n) is 8.46. The molecule has 38 heavy (non-hydrogen) atoms. The number of aromatic nitrogens is 3. The summed E-state index contributed by atoms with van der Waals surface area (Å²) in [6.45, 7) is 0.484. The number of fused-ring (bicyclic) bond motifs is 1. The second-order valence-corrected chi connectivity index (χ2v) is 10.8. The van der Waals surface area contributed by atoms with E-state index >= 15 is 0 Å². The molecule has 0 bridgehead atoms. The summed E-state index contributed by atoms with van der Waals surface area (Å²) < 4.78 is 2.86. The van der Waals surface area contributed by atoms with E-state index in [2.05, 4.69) is 5.32 Å². The molecular formula is C27H19Cl3N4O3S. The van der Waals surface area contributed by atoms with E-state index in [4.69, 9.17) is 50.0 Å². The standard InChI is InChI=1S/C27H19Cl3N4O3S/c28-18-5-6-24-22(12-18)32-27(38-24)23-13-21(17-9-19(29)11-20(30)10-17)33-34(23)14-15-1-3-16(4-2-15)26(37)31-8-7-25(35)36/h1-6,9-13H,7-8,14H2,(H,31,37)(H,35,36). The van der Waals surface area contributed by atoms with E-state index in [1.165, 1.54) is 11.3 Å². The summed E-state index contributed by atoms with van der Waals surface area (Å²) in [7, 11) is 0. The lowest BCUT2D eigenvalue weighted by atomic mass is 10.1. The van der Waals surface area contributed by atoms with Crippen LogP contribution < -0.4 is 5.32 Å². The molecule has 7 nitrogen and oxygen atoms in total. The maximum Gasteiger partial charge on any atom is 0.305 e. The number of halogens is 3. The van der Waals surface area contributed by atoms with Gasteiger partial charge < -0.3 is 10.4 Å². The molecule has 1 amide bonds. The maximum atomic E-state index is 12.3. The topological polar surface area (TPSA) is 97.1 Å². The Hall–Kier alpha value is -3.43. The summed E-state index contributed by atoms with van der Waals surface area (Å²) in [5.41, 5.74) is 4.43. The van der Waals surface area contributed by atoms with Crippen molar-refractivity contribution in [2.24, 2.45) is 0 Å². The number of amides is 1. The lowest BCUT2D eigenvalue weighted by Gasteiger charge is -2.08. The minimum absolute atomic E-state index is 0.0657. The van der Waals surface area contributed by atoms with Crippen molar-refractivity contribution < 1.29 is 14.7 Å². The van der Waals surface area contributed by atoms with Crippen LogP contribution in [0.5, 0.6) is 0 Å². The predicted molar refractivity (Wildman–Crippen MR) is 151 cm³/mol. The third-order valence-electron chi connectivity index (χ3n) is 5.68. The van der Waals surface area contributed by atoms with Crippen LogP contribution in [0.4, 0.5) is 0 Å². The van der Waals surface area contributed by atoms with Crippen LogP contribution in [0.15, 0.2) is 66.7 Å². The second kappa shape index (κ2) is 11.1. The Balaban J connectivity index is 1.47. The molecule has 0 atom stereocenters. The summed E-state index contributed by atoms with van der Waals surface area (Å²) in [4.78, 5) is 27.8. The average Bonchev–Trinajstić information content (AvgIpc) is 3.47. The Morgan fingerprint density at radius 1 is 0.921 bits per heavy atom. The number of carboxylic acid groups (broad SMARTS) is 1. The molecule has 0 spiro atoms. The molecule has 5 rings (SSSR count). The summed E-state index contributed by atoms with van der Waals surface area (Å²) in [6, 6.07) is 19.9. The Morgan fingerprint density at radius 2 is 1.66 bits per heavy atom. The van der Waals surface area contributed by atoms with E-state index in [1.807, 2.05) is 41.1 Å². The molecule has 2 heterocycles. The van der Waals surface area contributed by atoms with Crippen molar-refractivity contribution in [3.8, 4) is 22.0 Å². The quantitative estimate of drug-likeness (QED) is 0.204. The lowest BCUT2D eigenvalue weighted by molar-refractivity contribution is -0.136. The first-order valence-corrected chi connectivity index (χ1v) is 13.4. The Labute approximate surface area is 236 Å². The van der Waals surface area contributed by atoms with E-state index in [1.54, 1.807) is 30.3 Å². The zero-order chi connectivity index (χ0) is 26.8. The molecular weight excluding hydrogens is 567 g/mol. The number of nitrogens with one attached hydrogen (secondary N) is 1. The van der Waals surface area contributed by atoms with Crippen molar-refractivity contribution in [3.63, 3.8) is 0 Å². The average molecular weight is 586 g/mol. The van der Waals surface area contributed by atoms with Crippen LogP contribution in [-0.4, -0.2) is 38.3 Å². The first-order chi connectivity index (χ1) is 18.2. The van der Waals surface area contributed by atoms with E-state index in [-0.39, 0.29) is 18.9 Å². The van der Waals surface area contributed by atoms with Gasteiger partial charge in [0.1, 0.15) is 5.01 Å². The van der Waals surface area contributed by atoms with Crippen molar-refractivity contribution in [1.29, 1.82) is 0 Å². The van der Waals surface area contributed by atoms with Crippen LogP contribution in [0.3, 0.4) is 0 Å². The van der Waals surface area contributed by atoms with Crippen LogP contribution in [-0.2, 0) is 11.3 Å². The van der Waals surface area contributed by atoms with Crippen molar-refractivity contribution >= 4 is 68.2 Å². The molecule has 0 unspecified atom stereocenters. The third kappa shape index (κ3) is 6.00. The van der Waals surface area contributed by atoms with E-state index in [9.17, 15) is 9.59 Å². The van der Waals surface area contributed by atoms with Crippen LogP contribution in [0.2, 0.25) is 15.1 Å². The molecule has 192 valence electrons. The van der Waals surface area contributed by atoms with Crippen molar-refractivity contribution in [2.45, 2.75) is 13.0 Å². The lowest BCUT2D eigenvalue weighted by Crippen LogP contribution is -2.25. The molecule has 2 N–H and O–H groups in total. The molecule has 3 aromatic carbocycles. The number of rotatable bonds is 8. The monoisotopic (exact) mass is 584 g/mol. The molecule has 0 saturated heterocycles. The van der Waals surface area contributed by atoms with Gasteiger partial charge in [-0.2, -0.15) is 5.10 Å². The summed E-state index contributed by atoms with van der Waals surface area (Å²) in [6.07, 6.45) is -0.135. The SMILES string of the molecule is O=C(O)CCNC(=O)c1ccc(Cn2nc(-c3cc(Cl)cc(Cl)c3)cc2-c2nc3cc(Cl)ccc3s2)cc1. The minimum atomic E-state index is -0.966. The van der Waals surface area contributed by atoms with Gasteiger partial charge in [-0.1, -0.05) is 46.9 Å². The molecule has 0 saturated carbocycles. The van der Waals surface area contributed by atoms with Gasteiger partial charge >= 0.3 is 5.97 Å². The molecule has 0 aliphatic carbocycles. The maximum absolute atomic E-state index is 12.3. The largest absolute Gasteiger partial charge is 0.481 e. The first kappa shape index (κ1) is 26.2. The molecule has 5 aromatic rings. The van der Waals surface area contributed by atoms with E-state index in [0.717, 1.165) is 32.0 Å². The van der Waals surface area contributed by atoms with Gasteiger partial charge in [0.2, 0.25) is 0 Å². The number of carboxylic acids is 1. The highest BCUT2D eigenvalue weighted by molar-refractivity contribution is 7.21. The number of carbonyl (C=O) groups is 2. The van der Waals surface area contributed by atoms with Gasteiger partial charge in [0.05, 0.1) is 34.6 Å². The Morgan fingerprint density at radius 3 is 2.37 bits per heavy atom. The van der Waals surface area contributed by atoms with Gasteiger partial charge in [-0.3, -0.25) is 14.3 Å². The molecule has 0 aliphatic heterocycles. The number of hydrogen-bond donors (Lipinski definition) is 2. The van der Waals surface area contributed by atoms with Gasteiger partial charge in [-0.25, -0.2) is 4.98 Å². The van der Waals surface area contributed by atoms with Crippen LogP contribution in [0, 0.1) is 0 Å². The predicted octanol–water partition coefficient (Wildman–Crippen LogP) is 7.04. The molecule has 0 aliphatic rings. The van der Waals surface area contributed by atoms with Gasteiger partial charge in [-0.15, -0.1) is 11.3 Å². The summed E-state index contributed by atoms with van der Waals surface area (Å²) in [5, 5.41) is 18.6. The van der Waals surface area contributed by atoms with Gasteiger partial charge in [-0.05, 0) is 60.2 Å². The Bertz CT molecular complexity index is 1640. The normalized spacial score (nSPS) is 11.1. The zero-order valence-corrected chi connectivity index (χ0v) is 22.7. The Kier molecular flexibility index (Phi) is 7.67. The molecule has 11 heteroatoms. The number of hydrogen-bond acceptors (Lipinski definition) is 5. The fraction of sp³-hybridized carbons (Fsp3) is 0.111. The fourth-order valence-corrected chi connectivity index (χ4v) is 5.54. The summed E-state index contributed by atoms with van der Waals surface area (Å²) in [5.74, 6) is -1.29. The number of nitrogens with zero attached hydrogens (tertiary/aromatic N) is 3. The minimum Gasteiger partial charge on any atom is -0.481 e. The van der Waals surface area contributed by atoms with Crippen LogP contribution >= 0.6 is 46.1 Å². The van der Waals surface area contributed by atoms with Crippen LogP contribution in [0.1, 0.15) is 22.3 Å². The number of thiazole rings is 1. The van der Waals surface area contributed by atoms with E-state index < -0.39 is 5.97 Å². The van der Waals surface area contributed by atoms with E-state index in [0.29, 0.717) is 32.9 Å². The molecule has 0 fully saturated rings. The highest BCUT2D eigenvalue weighted by Crippen LogP contribution is 2.35. The van der Waals surface area contributed by atoms with Gasteiger partial charge in [0, 0.05) is 32.7 Å². The number of aliphatic carboxylic acids is 1. The fourth-order valence-electron chi connectivity index (χ4n) is 3.88. The smallest absolute Gasteiger partial charge is 0.305 e. The van der Waals surface area contributed by atoms with Gasteiger partial charge in [0.15, 0.2) is 0 Å². The first-order valence-electron chi connectivity index (χ1n) is 11.4. The van der Waals surface area contributed by atoms with Crippen molar-refractivity contribution in [3.05, 3.63) is 92.9 Å². The number of carbonyl (C=O) groups excluding carboxylic acids is 1. The van der Waals surface area contributed by atoms with Crippen LogP contribution in [0.25, 0.3) is 32.2 Å². The molecule has 0 radical (unpaired) electrons. The van der Waals surface area contributed by atoms with Crippen molar-refractivity contribution in [2.75, 3.05) is 6.54 Å². The van der Waals surface area contributed by atoms with Gasteiger partial charge in [0.25, 0.3) is 5.91 Å². The molecule has 2 aromatic heterocycles. The highest BCUT2D eigenvalue weighted by Gasteiger charge is 2.17. The third-order valence-corrected chi connectivity index (χ3v) is 7.41. The van der Waals surface area contributed by atoms with Crippen molar-refractivity contribution in [1.82, 2.24) is 20.1 Å².